The molecule has 0 fully saturated rings. The second kappa shape index (κ2) is 6.24. The number of rotatable bonds is 4. The Hall–Kier alpha value is -1.02. The smallest absolute Gasteiger partial charge is 0.0417 e. The molecule has 0 aromatic heterocycles. The number of benzene rings is 1. The fourth-order valence-corrected chi connectivity index (χ4v) is 2.85. The van der Waals surface area contributed by atoms with Gasteiger partial charge in [0.2, 0.25) is 0 Å². The first kappa shape index (κ1) is 13.4. The average Bonchev–Trinajstić information content (AvgIpc) is 2.56. The first-order valence-electron chi connectivity index (χ1n) is 7.33. The molecule has 0 bridgehead atoms. The first-order chi connectivity index (χ1) is 8.74. The molecule has 0 saturated heterocycles. The summed E-state index contributed by atoms with van der Waals surface area (Å²) in [6, 6.07) is 10.0. The van der Waals surface area contributed by atoms with E-state index in [4.69, 9.17) is 0 Å². The Balaban J connectivity index is 2.29. The summed E-state index contributed by atoms with van der Waals surface area (Å²) in [5.74, 6) is 0. The van der Waals surface area contributed by atoms with Gasteiger partial charge in [-0.25, -0.2) is 0 Å². The SMILES string of the molecule is CCCNC1CCCN(C(C)C)c2ccccc21. The molecule has 18 heavy (non-hydrogen) atoms. The second-order valence-electron chi connectivity index (χ2n) is 5.49. The number of nitrogens with one attached hydrogen (secondary N) is 1. The Labute approximate surface area is 111 Å². The molecule has 2 rings (SSSR count). The van der Waals surface area contributed by atoms with Crippen LogP contribution in [0, 0.1) is 0 Å². The van der Waals surface area contributed by atoms with E-state index in [0.29, 0.717) is 12.1 Å². The Morgan fingerprint density at radius 2 is 2.11 bits per heavy atom. The maximum absolute atomic E-state index is 3.70. The summed E-state index contributed by atoms with van der Waals surface area (Å²) in [4.78, 5) is 2.54. The van der Waals surface area contributed by atoms with E-state index >= 15 is 0 Å². The lowest BCUT2D eigenvalue weighted by Gasteiger charge is -2.29. The third-order valence-corrected chi connectivity index (χ3v) is 3.78. The highest BCUT2D eigenvalue weighted by molar-refractivity contribution is 5.56. The minimum atomic E-state index is 0.532. The van der Waals surface area contributed by atoms with Gasteiger partial charge in [0.15, 0.2) is 0 Å². The third kappa shape index (κ3) is 2.86. The van der Waals surface area contributed by atoms with Crippen LogP contribution in [-0.4, -0.2) is 19.1 Å². The van der Waals surface area contributed by atoms with Crippen LogP contribution in [-0.2, 0) is 0 Å². The Morgan fingerprint density at radius 1 is 1.33 bits per heavy atom. The largest absolute Gasteiger partial charge is 0.369 e. The molecule has 1 aromatic carbocycles. The van der Waals surface area contributed by atoms with E-state index in [2.05, 4.69) is 55.3 Å². The van der Waals surface area contributed by atoms with Crippen LogP contribution in [0.25, 0.3) is 0 Å². The van der Waals surface area contributed by atoms with Gasteiger partial charge in [-0.15, -0.1) is 0 Å². The number of nitrogens with zero attached hydrogens (tertiary/aromatic N) is 1. The molecule has 1 unspecified atom stereocenters. The predicted molar refractivity (Wildman–Crippen MR) is 79.2 cm³/mol. The summed E-state index contributed by atoms with van der Waals surface area (Å²) in [5, 5.41) is 3.70. The third-order valence-electron chi connectivity index (χ3n) is 3.78. The van der Waals surface area contributed by atoms with Gasteiger partial charge in [0.25, 0.3) is 0 Å². The highest BCUT2D eigenvalue weighted by Crippen LogP contribution is 2.33. The molecule has 2 heteroatoms. The number of hydrogen-bond acceptors (Lipinski definition) is 2. The summed E-state index contributed by atoms with van der Waals surface area (Å²) >= 11 is 0. The van der Waals surface area contributed by atoms with Crippen LogP contribution < -0.4 is 10.2 Å². The predicted octanol–water partition coefficient (Wildman–Crippen LogP) is 3.74. The number of para-hydroxylation sites is 1. The summed E-state index contributed by atoms with van der Waals surface area (Å²) in [6.45, 7) is 9.10. The zero-order chi connectivity index (χ0) is 13.0. The van der Waals surface area contributed by atoms with E-state index in [-0.39, 0.29) is 0 Å². The quantitative estimate of drug-likeness (QED) is 0.870. The summed E-state index contributed by atoms with van der Waals surface area (Å²) in [7, 11) is 0. The van der Waals surface area contributed by atoms with Crippen LogP contribution in [0.1, 0.15) is 51.6 Å². The molecule has 0 amide bonds. The summed E-state index contributed by atoms with van der Waals surface area (Å²) in [5.41, 5.74) is 2.91. The zero-order valence-corrected chi connectivity index (χ0v) is 11.9. The van der Waals surface area contributed by atoms with E-state index in [1.54, 1.807) is 0 Å². The molecule has 2 nitrogen and oxygen atoms in total. The van der Waals surface area contributed by atoms with Gasteiger partial charge in [-0.05, 0) is 51.3 Å². The lowest BCUT2D eigenvalue weighted by atomic mass is 10.0. The van der Waals surface area contributed by atoms with Crippen LogP contribution >= 0.6 is 0 Å². The monoisotopic (exact) mass is 246 g/mol. The van der Waals surface area contributed by atoms with Gasteiger partial charge < -0.3 is 10.2 Å². The molecular formula is C16H26N2. The molecule has 1 aromatic rings. The summed E-state index contributed by atoms with van der Waals surface area (Å²) < 4.78 is 0. The van der Waals surface area contributed by atoms with Gasteiger partial charge in [-0.2, -0.15) is 0 Å². The van der Waals surface area contributed by atoms with E-state index in [1.807, 2.05) is 0 Å². The van der Waals surface area contributed by atoms with Gasteiger partial charge in [-0.1, -0.05) is 25.1 Å². The van der Waals surface area contributed by atoms with Crippen molar-refractivity contribution in [3.63, 3.8) is 0 Å². The van der Waals surface area contributed by atoms with Gasteiger partial charge >= 0.3 is 0 Å². The highest BCUT2D eigenvalue weighted by atomic mass is 15.2. The van der Waals surface area contributed by atoms with E-state index in [1.165, 1.54) is 37.1 Å². The lowest BCUT2D eigenvalue weighted by Crippen LogP contribution is -2.31. The minimum Gasteiger partial charge on any atom is -0.369 e. The van der Waals surface area contributed by atoms with Crippen LogP contribution in [0.15, 0.2) is 24.3 Å². The topological polar surface area (TPSA) is 15.3 Å². The average molecular weight is 246 g/mol. The first-order valence-corrected chi connectivity index (χ1v) is 7.33. The van der Waals surface area contributed by atoms with Crippen LogP contribution in [0.3, 0.4) is 0 Å². The molecule has 0 spiro atoms. The van der Waals surface area contributed by atoms with Crippen LogP contribution in [0.2, 0.25) is 0 Å². The molecular weight excluding hydrogens is 220 g/mol. The van der Waals surface area contributed by atoms with E-state index in [9.17, 15) is 0 Å². The Morgan fingerprint density at radius 3 is 2.83 bits per heavy atom. The molecule has 0 aliphatic carbocycles. The van der Waals surface area contributed by atoms with Crippen molar-refractivity contribution >= 4 is 5.69 Å². The van der Waals surface area contributed by atoms with Gasteiger partial charge in [0, 0.05) is 24.3 Å². The van der Waals surface area contributed by atoms with Crippen molar-refractivity contribution in [2.75, 3.05) is 18.0 Å². The highest BCUT2D eigenvalue weighted by Gasteiger charge is 2.23. The van der Waals surface area contributed by atoms with Crippen molar-refractivity contribution < 1.29 is 0 Å². The molecule has 1 aliphatic heterocycles. The van der Waals surface area contributed by atoms with Crippen LogP contribution in [0.5, 0.6) is 0 Å². The Kier molecular flexibility index (Phi) is 4.65. The van der Waals surface area contributed by atoms with Crippen molar-refractivity contribution in [3.05, 3.63) is 29.8 Å². The standard InChI is InChI=1S/C16H26N2/c1-4-11-17-15-9-7-12-18(13(2)3)16-10-6-5-8-14(15)16/h5-6,8,10,13,15,17H,4,7,9,11-12H2,1-3H3. The van der Waals surface area contributed by atoms with Crippen LogP contribution in [0.4, 0.5) is 5.69 Å². The Bertz CT molecular complexity index is 373. The van der Waals surface area contributed by atoms with E-state index in [0.717, 1.165) is 6.54 Å². The van der Waals surface area contributed by atoms with Crippen molar-refractivity contribution in [2.45, 2.75) is 52.1 Å². The normalized spacial score (nSPS) is 19.8. The van der Waals surface area contributed by atoms with Gasteiger partial charge in [-0.3, -0.25) is 0 Å². The van der Waals surface area contributed by atoms with Gasteiger partial charge in [0.1, 0.15) is 0 Å². The zero-order valence-electron chi connectivity index (χ0n) is 11.9. The van der Waals surface area contributed by atoms with Crippen molar-refractivity contribution in [2.24, 2.45) is 0 Å². The molecule has 100 valence electrons. The molecule has 0 radical (unpaired) electrons. The fraction of sp³-hybridized carbons (Fsp3) is 0.625. The van der Waals surface area contributed by atoms with Crippen molar-refractivity contribution in [1.82, 2.24) is 5.32 Å². The maximum atomic E-state index is 3.70. The lowest BCUT2D eigenvalue weighted by molar-refractivity contribution is 0.494. The minimum absolute atomic E-state index is 0.532. The van der Waals surface area contributed by atoms with Gasteiger partial charge in [0.05, 0.1) is 0 Å². The summed E-state index contributed by atoms with van der Waals surface area (Å²) in [6.07, 6.45) is 3.72. The number of hydrogen-bond donors (Lipinski definition) is 1. The second-order valence-corrected chi connectivity index (χ2v) is 5.49. The molecule has 1 aliphatic rings. The van der Waals surface area contributed by atoms with Crippen molar-refractivity contribution in [1.29, 1.82) is 0 Å². The van der Waals surface area contributed by atoms with Crippen molar-refractivity contribution in [3.8, 4) is 0 Å². The number of anilines is 1. The molecule has 1 atom stereocenters. The molecule has 0 saturated carbocycles. The fourth-order valence-electron chi connectivity index (χ4n) is 2.85. The molecule has 1 heterocycles. The number of fused-ring (bicyclic) bond motifs is 1. The van der Waals surface area contributed by atoms with E-state index < -0.39 is 0 Å². The molecule has 1 N–H and O–H groups in total. The maximum Gasteiger partial charge on any atom is 0.0417 e.